The predicted octanol–water partition coefficient (Wildman–Crippen LogP) is -0.338. The second kappa shape index (κ2) is 6.37. The van der Waals surface area contributed by atoms with Crippen LogP contribution in [-0.2, 0) is 14.3 Å². The minimum Gasteiger partial charge on any atom is -0.372 e. The van der Waals surface area contributed by atoms with Crippen molar-refractivity contribution in [2.45, 2.75) is 32.9 Å². The minimum absolute atomic E-state index is 0.00921. The summed E-state index contributed by atoms with van der Waals surface area (Å²) < 4.78 is 4.78. The van der Waals surface area contributed by atoms with Gasteiger partial charge in [0, 0.05) is 13.2 Å². The Hall–Kier alpha value is -1.10. The fourth-order valence-electron chi connectivity index (χ4n) is 0.791. The highest BCUT2D eigenvalue weighted by Crippen LogP contribution is 1.86. The number of rotatable bonds is 5. The largest absolute Gasteiger partial charge is 0.372 e. The van der Waals surface area contributed by atoms with Gasteiger partial charge in [0.25, 0.3) is 0 Å². The van der Waals surface area contributed by atoms with Crippen molar-refractivity contribution in [2.24, 2.45) is 0 Å². The van der Waals surface area contributed by atoms with Gasteiger partial charge in [0.15, 0.2) is 0 Å². The molecule has 14 heavy (non-hydrogen) atoms. The second-order valence-electron chi connectivity index (χ2n) is 3.32. The van der Waals surface area contributed by atoms with Gasteiger partial charge in [0.05, 0.1) is 6.54 Å². The molecule has 0 radical (unpaired) electrons. The van der Waals surface area contributed by atoms with Crippen molar-refractivity contribution in [1.82, 2.24) is 10.6 Å². The Kier molecular flexibility index (Phi) is 5.87. The summed E-state index contributed by atoms with van der Waals surface area (Å²) in [5.74, 6) is -0.483. The zero-order chi connectivity index (χ0) is 11.1. The third-order valence-corrected chi connectivity index (χ3v) is 1.60. The van der Waals surface area contributed by atoms with Gasteiger partial charge in [-0.25, -0.2) is 0 Å². The van der Waals surface area contributed by atoms with E-state index in [9.17, 15) is 9.59 Å². The molecule has 0 aromatic carbocycles. The van der Waals surface area contributed by atoms with Gasteiger partial charge in [0.1, 0.15) is 6.10 Å². The molecule has 0 fully saturated rings. The van der Waals surface area contributed by atoms with Crippen molar-refractivity contribution in [2.75, 3.05) is 13.7 Å². The van der Waals surface area contributed by atoms with E-state index in [0.717, 1.165) is 0 Å². The van der Waals surface area contributed by atoms with Crippen LogP contribution < -0.4 is 10.6 Å². The number of nitrogens with one attached hydrogen (secondary N) is 2. The Labute approximate surface area is 84.2 Å². The SMILES string of the molecule is CO[C@H](C)C(=O)NCC(=O)NC(C)C. The number of hydrogen-bond acceptors (Lipinski definition) is 3. The van der Waals surface area contributed by atoms with Crippen LogP contribution in [0.4, 0.5) is 0 Å². The maximum Gasteiger partial charge on any atom is 0.249 e. The van der Waals surface area contributed by atoms with E-state index in [2.05, 4.69) is 10.6 Å². The molecule has 0 spiro atoms. The molecule has 0 aliphatic rings. The summed E-state index contributed by atoms with van der Waals surface area (Å²) in [6.45, 7) is 5.33. The predicted molar refractivity (Wildman–Crippen MR) is 52.8 cm³/mol. The average molecular weight is 202 g/mol. The molecule has 2 N–H and O–H groups in total. The number of amides is 2. The van der Waals surface area contributed by atoms with E-state index >= 15 is 0 Å². The molecule has 5 nitrogen and oxygen atoms in total. The maximum atomic E-state index is 11.1. The van der Waals surface area contributed by atoms with Gasteiger partial charge in [-0.2, -0.15) is 0 Å². The normalized spacial score (nSPS) is 12.4. The molecule has 0 saturated carbocycles. The Morgan fingerprint density at radius 2 is 1.86 bits per heavy atom. The first-order chi connectivity index (χ1) is 6.47. The van der Waals surface area contributed by atoms with E-state index in [0.29, 0.717) is 0 Å². The molecule has 0 bridgehead atoms. The summed E-state index contributed by atoms with van der Waals surface area (Å²) in [6.07, 6.45) is -0.526. The highest BCUT2D eigenvalue weighted by molar-refractivity contribution is 5.86. The summed E-state index contributed by atoms with van der Waals surface area (Å²) in [5.41, 5.74) is 0. The molecule has 5 heteroatoms. The lowest BCUT2D eigenvalue weighted by Gasteiger charge is -2.11. The third-order valence-electron chi connectivity index (χ3n) is 1.60. The monoisotopic (exact) mass is 202 g/mol. The number of methoxy groups -OCH3 is 1. The molecule has 0 saturated heterocycles. The Morgan fingerprint density at radius 3 is 2.29 bits per heavy atom. The fraction of sp³-hybridized carbons (Fsp3) is 0.778. The number of hydrogen-bond donors (Lipinski definition) is 2. The van der Waals surface area contributed by atoms with Gasteiger partial charge in [-0.3, -0.25) is 9.59 Å². The molecular formula is C9H18N2O3. The molecular weight excluding hydrogens is 184 g/mol. The molecule has 0 aromatic heterocycles. The first-order valence-corrected chi connectivity index (χ1v) is 4.57. The van der Waals surface area contributed by atoms with Gasteiger partial charge in [0.2, 0.25) is 11.8 Å². The smallest absolute Gasteiger partial charge is 0.249 e. The minimum atomic E-state index is -0.526. The van der Waals surface area contributed by atoms with Crippen molar-refractivity contribution in [1.29, 1.82) is 0 Å². The van der Waals surface area contributed by atoms with Gasteiger partial charge >= 0.3 is 0 Å². The van der Waals surface area contributed by atoms with Gasteiger partial charge < -0.3 is 15.4 Å². The van der Waals surface area contributed by atoms with Crippen LogP contribution in [0, 0.1) is 0 Å². The molecule has 2 amide bonds. The molecule has 0 aliphatic carbocycles. The van der Waals surface area contributed by atoms with Crippen LogP contribution in [-0.4, -0.2) is 37.6 Å². The van der Waals surface area contributed by atoms with Gasteiger partial charge in [-0.1, -0.05) is 0 Å². The van der Waals surface area contributed by atoms with Crippen LogP contribution in [0.15, 0.2) is 0 Å². The van der Waals surface area contributed by atoms with E-state index in [1.807, 2.05) is 13.8 Å². The van der Waals surface area contributed by atoms with Crippen molar-refractivity contribution < 1.29 is 14.3 Å². The maximum absolute atomic E-state index is 11.1. The highest BCUT2D eigenvalue weighted by atomic mass is 16.5. The van der Waals surface area contributed by atoms with E-state index in [-0.39, 0.29) is 24.4 Å². The van der Waals surface area contributed by atoms with Crippen LogP contribution >= 0.6 is 0 Å². The molecule has 1 atom stereocenters. The third kappa shape index (κ3) is 5.53. The first kappa shape index (κ1) is 12.9. The Balaban J connectivity index is 3.72. The molecule has 0 aliphatic heterocycles. The van der Waals surface area contributed by atoms with Crippen LogP contribution in [0.5, 0.6) is 0 Å². The van der Waals surface area contributed by atoms with E-state index in [1.165, 1.54) is 7.11 Å². The van der Waals surface area contributed by atoms with Crippen molar-refractivity contribution in [3.63, 3.8) is 0 Å². The lowest BCUT2D eigenvalue weighted by Crippen LogP contribution is -2.42. The molecule has 0 heterocycles. The molecule has 0 unspecified atom stereocenters. The van der Waals surface area contributed by atoms with Crippen molar-refractivity contribution >= 4 is 11.8 Å². The van der Waals surface area contributed by atoms with Crippen LogP contribution in [0.3, 0.4) is 0 Å². The van der Waals surface area contributed by atoms with Crippen LogP contribution in [0.25, 0.3) is 0 Å². The van der Waals surface area contributed by atoms with Gasteiger partial charge in [-0.05, 0) is 20.8 Å². The quantitative estimate of drug-likeness (QED) is 0.641. The standard InChI is InChI=1S/C9H18N2O3/c1-6(2)11-8(12)5-10-9(13)7(3)14-4/h6-7H,5H2,1-4H3,(H,10,13)(H,11,12)/t7-/m1/s1. The summed E-state index contributed by atoms with van der Waals surface area (Å²) >= 11 is 0. The second-order valence-corrected chi connectivity index (χ2v) is 3.32. The molecule has 0 aromatic rings. The van der Waals surface area contributed by atoms with E-state index in [1.54, 1.807) is 6.92 Å². The summed E-state index contributed by atoms with van der Waals surface area (Å²) in [6, 6.07) is 0.0826. The topological polar surface area (TPSA) is 67.4 Å². The van der Waals surface area contributed by atoms with Crippen molar-refractivity contribution in [3.8, 4) is 0 Å². The summed E-state index contributed by atoms with van der Waals surface area (Å²) in [5, 5.41) is 5.12. The van der Waals surface area contributed by atoms with E-state index < -0.39 is 6.10 Å². The van der Waals surface area contributed by atoms with E-state index in [4.69, 9.17) is 4.74 Å². The summed E-state index contributed by atoms with van der Waals surface area (Å²) in [7, 11) is 1.44. The lowest BCUT2D eigenvalue weighted by molar-refractivity contribution is -0.132. The van der Waals surface area contributed by atoms with Crippen LogP contribution in [0.2, 0.25) is 0 Å². The lowest BCUT2D eigenvalue weighted by atomic mass is 10.3. The molecule has 82 valence electrons. The first-order valence-electron chi connectivity index (χ1n) is 4.57. The van der Waals surface area contributed by atoms with Crippen molar-refractivity contribution in [3.05, 3.63) is 0 Å². The molecule has 0 rings (SSSR count). The van der Waals surface area contributed by atoms with Crippen LogP contribution in [0.1, 0.15) is 20.8 Å². The fourth-order valence-corrected chi connectivity index (χ4v) is 0.791. The Morgan fingerprint density at radius 1 is 1.29 bits per heavy atom. The zero-order valence-electron chi connectivity index (χ0n) is 9.09. The summed E-state index contributed by atoms with van der Waals surface area (Å²) in [4.78, 5) is 22.3. The number of carbonyl (C=O) groups excluding carboxylic acids is 2. The van der Waals surface area contributed by atoms with Gasteiger partial charge in [-0.15, -0.1) is 0 Å². The Bertz CT molecular complexity index is 204. The zero-order valence-corrected chi connectivity index (χ0v) is 9.09. The average Bonchev–Trinajstić information content (AvgIpc) is 2.11. The number of ether oxygens (including phenoxy) is 1. The number of carbonyl (C=O) groups is 2. The highest BCUT2D eigenvalue weighted by Gasteiger charge is 2.12.